The number of benzene rings is 2. The second-order valence-electron chi connectivity index (χ2n) is 12.8. The van der Waals surface area contributed by atoms with Crippen LogP contribution < -0.4 is 5.32 Å². The summed E-state index contributed by atoms with van der Waals surface area (Å²) in [5, 5.41) is 21.4. The molecule has 0 aliphatic carbocycles. The molecular weight excluding hydrogens is 628 g/mol. The number of nitrogens with one attached hydrogen (secondary N) is 1. The van der Waals surface area contributed by atoms with Gasteiger partial charge in [0, 0.05) is 19.5 Å². The summed E-state index contributed by atoms with van der Waals surface area (Å²) in [6, 6.07) is 14.8. The summed E-state index contributed by atoms with van der Waals surface area (Å²) in [5.74, 6) is -3.67. The van der Waals surface area contributed by atoms with Crippen molar-refractivity contribution in [2.45, 2.75) is 69.2 Å². The Bertz CT molecular complexity index is 1730. The molecule has 3 aromatic rings. The highest BCUT2D eigenvalue weighted by atomic mass is 16.6. The first kappa shape index (κ1) is 34.0. The van der Waals surface area contributed by atoms with Crippen LogP contribution in [0.4, 0.5) is 0 Å². The van der Waals surface area contributed by atoms with E-state index in [1.165, 1.54) is 9.80 Å². The fourth-order valence-corrected chi connectivity index (χ4v) is 7.72. The van der Waals surface area contributed by atoms with Gasteiger partial charge in [0.1, 0.15) is 29.9 Å². The van der Waals surface area contributed by atoms with Gasteiger partial charge in [-0.1, -0.05) is 59.8 Å². The third-order valence-corrected chi connectivity index (χ3v) is 9.82. The van der Waals surface area contributed by atoms with Crippen molar-refractivity contribution in [1.29, 1.82) is 0 Å². The first-order valence-corrected chi connectivity index (χ1v) is 16.7. The zero-order valence-electron chi connectivity index (χ0n) is 27.5. The van der Waals surface area contributed by atoms with Crippen molar-refractivity contribution in [2.75, 3.05) is 19.7 Å². The van der Waals surface area contributed by atoms with Gasteiger partial charge < -0.3 is 29.7 Å². The average Bonchev–Trinajstić information content (AvgIpc) is 3.86. The van der Waals surface area contributed by atoms with E-state index in [1.807, 2.05) is 54.6 Å². The Balaban J connectivity index is 1.28. The van der Waals surface area contributed by atoms with Crippen molar-refractivity contribution in [3.63, 3.8) is 0 Å². The molecule has 3 aliphatic heterocycles. The number of allylic oxidation sites excluding steroid dienone is 1. The molecule has 2 N–H and O–H groups in total. The SMILES string of the molecule is C=CCCC(=O)N[C@@H](C)[C@H](OC(=O)[C@@H]1[C@@H]2CC[C@]3(O2)[C@H](C(=O)N(CC=C)Cn2nnc4ccccc42)N(CCO)C(=O)[C@@H]13)c1ccccc1. The number of fused-ring (bicyclic) bond motifs is 2. The number of rotatable bonds is 15. The zero-order valence-corrected chi connectivity index (χ0v) is 27.5. The molecule has 0 saturated carbocycles. The summed E-state index contributed by atoms with van der Waals surface area (Å²) in [7, 11) is 0. The molecule has 3 aliphatic rings. The summed E-state index contributed by atoms with van der Waals surface area (Å²) >= 11 is 0. The number of nitrogens with zero attached hydrogens (tertiary/aromatic N) is 5. The molecule has 2 aromatic carbocycles. The van der Waals surface area contributed by atoms with Crippen LogP contribution >= 0.6 is 0 Å². The third kappa shape index (κ3) is 6.24. The van der Waals surface area contributed by atoms with E-state index in [9.17, 15) is 24.3 Å². The Hall–Kier alpha value is -4.88. The summed E-state index contributed by atoms with van der Waals surface area (Å²) in [6.45, 7) is 8.95. The molecule has 2 bridgehead atoms. The molecule has 3 amide bonds. The lowest BCUT2D eigenvalue weighted by atomic mass is 9.70. The third-order valence-electron chi connectivity index (χ3n) is 9.82. The van der Waals surface area contributed by atoms with Gasteiger partial charge in [-0.25, -0.2) is 4.68 Å². The molecule has 258 valence electrons. The van der Waals surface area contributed by atoms with Crippen LogP contribution in [0, 0.1) is 11.8 Å². The largest absolute Gasteiger partial charge is 0.455 e. The summed E-state index contributed by atoms with van der Waals surface area (Å²) in [5.41, 5.74) is 0.784. The van der Waals surface area contributed by atoms with Crippen LogP contribution in [0.2, 0.25) is 0 Å². The van der Waals surface area contributed by atoms with Crippen LogP contribution in [0.1, 0.15) is 44.3 Å². The van der Waals surface area contributed by atoms with Crippen LogP contribution in [-0.2, 0) is 35.3 Å². The number of aliphatic hydroxyl groups excluding tert-OH is 1. The summed E-state index contributed by atoms with van der Waals surface area (Å²) < 4.78 is 14.3. The smallest absolute Gasteiger partial charge is 0.313 e. The molecule has 4 heterocycles. The normalized spacial score (nSPS) is 25.1. The Kier molecular flexibility index (Phi) is 9.93. The molecule has 7 atom stereocenters. The average molecular weight is 671 g/mol. The predicted octanol–water partition coefficient (Wildman–Crippen LogP) is 2.53. The number of hydrogen-bond acceptors (Lipinski definition) is 9. The number of amides is 3. The van der Waals surface area contributed by atoms with Gasteiger partial charge in [-0.05, 0) is 43.9 Å². The van der Waals surface area contributed by atoms with E-state index in [4.69, 9.17) is 9.47 Å². The van der Waals surface area contributed by atoms with Crippen molar-refractivity contribution in [3.8, 4) is 0 Å². The van der Waals surface area contributed by atoms with Gasteiger partial charge in [0.25, 0.3) is 0 Å². The maximum Gasteiger partial charge on any atom is 0.313 e. The second-order valence-corrected chi connectivity index (χ2v) is 12.8. The molecule has 13 nitrogen and oxygen atoms in total. The van der Waals surface area contributed by atoms with Crippen molar-refractivity contribution >= 4 is 34.7 Å². The number of para-hydroxylation sites is 1. The van der Waals surface area contributed by atoms with Crippen LogP contribution in [0.5, 0.6) is 0 Å². The number of carbonyl (C=O) groups excluding carboxylic acids is 4. The van der Waals surface area contributed by atoms with Crippen LogP contribution in [0.25, 0.3) is 11.0 Å². The maximum absolute atomic E-state index is 14.6. The maximum atomic E-state index is 14.6. The van der Waals surface area contributed by atoms with E-state index in [0.717, 1.165) is 5.52 Å². The number of carbonyl (C=O) groups is 4. The number of likely N-dealkylation sites (tertiary alicyclic amines) is 1. The van der Waals surface area contributed by atoms with Crippen LogP contribution in [-0.4, -0.2) is 97.1 Å². The molecule has 1 aromatic heterocycles. The Morgan fingerprint density at radius 3 is 2.65 bits per heavy atom. The predicted molar refractivity (Wildman–Crippen MR) is 178 cm³/mol. The van der Waals surface area contributed by atoms with Crippen LogP contribution in [0.3, 0.4) is 0 Å². The van der Waals surface area contributed by atoms with E-state index in [1.54, 1.807) is 23.8 Å². The molecule has 6 rings (SSSR count). The zero-order chi connectivity index (χ0) is 34.7. The van der Waals surface area contributed by atoms with E-state index >= 15 is 0 Å². The number of aromatic nitrogens is 3. The van der Waals surface area contributed by atoms with Gasteiger partial charge in [-0.2, -0.15) is 0 Å². The first-order chi connectivity index (χ1) is 23.7. The summed E-state index contributed by atoms with van der Waals surface area (Å²) in [4.78, 5) is 58.5. The quantitative estimate of drug-likeness (QED) is 0.183. The Labute approximate surface area is 284 Å². The fourth-order valence-electron chi connectivity index (χ4n) is 7.72. The molecule has 0 radical (unpaired) electrons. The number of hydrogen-bond donors (Lipinski definition) is 2. The monoisotopic (exact) mass is 670 g/mol. The lowest BCUT2D eigenvalue weighted by Crippen LogP contribution is -2.56. The number of esters is 1. The van der Waals surface area contributed by atoms with E-state index in [0.29, 0.717) is 30.3 Å². The standard InChI is InChI=1S/C36H42N6O7/c1-4-6-16-28(44)37-23(3)31(24-12-8-7-9-13-24)48-35(47)29-27-17-18-36(49-27)30(29)33(45)41(20-21-43)32(36)34(46)40(19-5-2)22-42-26-15-11-10-14-25(26)38-39-42/h4-5,7-15,23,27,29-32,43H,1-2,6,16-22H2,3H3,(H,37,44)/t23-,27-,29+,30+,31-,32-,36+/m0/s1. The molecule has 49 heavy (non-hydrogen) atoms. The van der Waals surface area contributed by atoms with Crippen molar-refractivity contribution in [2.24, 2.45) is 11.8 Å². The second kappa shape index (κ2) is 14.3. The summed E-state index contributed by atoms with van der Waals surface area (Å²) in [6.07, 6.45) is 3.33. The number of β-amino-alcohol motifs (C(OH)–C–C–N with tert-alkyl or cyclic N) is 1. The van der Waals surface area contributed by atoms with Crippen molar-refractivity contribution < 1.29 is 33.8 Å². The fraction of sp³-hybridized carbons (Fsp3) is 0.444. The number of aliphatic hydroxyl groups is 1. The highest BCUT2D eigenvalue weighted by Crippen LogP contribution is 2.59. The molecule has 13 heteroatoms. The highest BCUT2D eigenvalue weighted by Gasteiger charge is 2.75. The molecular formula is C36H42N6O7. The minimum Gasteiger partial charge on any atom is -0.455 e. The highest BCUT2D eigenvalue weighted by molar-refractivity contribution is 5.98. The minimum absolute atomic E-state index is 0.0355. The van der Waals surface area contributed by atoms with Gasteiger partial charge >= 0.3 is 5.97 Å². The molecule has 3 saturated heterocycles. The van der Waals surface area contributed by atoms with Crippen molar-refractivity contribution in [1.82, 2.24) is 30.1 Å². The Morgan fingerprint density at radius 2 is 1.92 bits per heavy atom. The van der Waals surface area contributed by atoms with Crippen molar-refractivity contribution in [3.05, 3.63) is 85.5 Å². The Morgan fingerprint density at radius 1 is 1.16 bits per heavy atom. The molecule has 3 fully saturated rings. The van der Waals surface area contributed by atoms with E-state index in [2.05, 4.69) is 28.8 Å². The topological polar surface area (TPSA) is 156 Å². The lowest BCUT2D eigenvalue weighted by Gasteiger charge is -2.36. The van der Waals surface area contributed by atoms with Gasteiger partial charge in [-0.15, -0.1) is 18.3 Å². The molecule has 0 unspecified atom stereocenters. The van der Waals surface area contributed by atoms with Gasteiger partial charge in [-0.3, -0.25) is 19.2 Å². The van der Waals surface area contributed by atoms with E-state index in [-0.39, 0.29) is 38.7 Å². The van der Waals surface area contributed by atoms with Gasteiger partial charge in [0.15, 0.2) is 0 Å². The van der Waals surface area contributed by atoms with E-state index < -0.39 is 59.5 Å². The lowest BCUT2D eigenvalue weighted by molar-refractivity contribution is -0.162. The molecule has 1 spiro atoms. The van der Waals surface area contributed by atoms with Crippen LogP contribution in [0.15, 0.2) is 79.9 Å². The van der Waals surface area contributed by atoms with Gasteiger partial charge in [0.2, 0.25) is 17.7 Å². The number of ether oxygens (including phenoxy) is 2. The minimum atomic E-state index is -1.30. The van der Waals surface area contributed by atoms with Gasteiger partial charge in [0.05, 0.1) is 36.1 Å². The first-order valence-electron chi connectivity index (χ1n) is 16.7.